The Balaban J connectivity index is 1.68. The van der Waals surface area contributed by atoms with Crippen molar-refractivity contribution in [2.24, 2.45) is 0 Å². The zero-order valence-corrected chi connectivity index (χ0v) is 17.6. The average Bonchev–Trinajstić information content (AvgIpc) is 2.78. The molecule has 0 fully saturated rings. The summed E-state index contributed by atoms with van der Waals surface area (Å²) in [5.74, 6) is -0.491. The summed E-state index contributed by atoms with van der Waals surface area (Å²) < 4.78 is 29.6. The molecule has 164 valence electrons. The van der Waals surface area contributed by atoms with Gasteiger partial charge in [0.1, 0.15) is 6.61 Å². The average molecular weight is 435 g/mol. The van der Waals surface area contributed by atoms with E-state index in [0.717, 1.165) is 0 Å². The van der Waals surface area contributed by atoms with E-state index in [9.17, 15) is 14.0 Å². The Bertz CT molecular complexity index is 1140. The van der Waals surface area contributed by atoms with E-state index in [1.54, 1.807) is 60.7 Å². The fourth-order valence-electron chi connectivity index (χ4n) is 2.86. The first kappa shape index (κ1) is 22.6. The van der Waals surface area contributed by atoms with Crippen molar-refractivity contribution in [1.82, 2.24) is 0 Å². The van der Waals surface area contributed by atoms with E-state index in [1.165, 1.54) is 32.2 Å². The number of hydrogen-bond acceptors (Lipinski definition) is 5. The van der Waals surface area contributed by atoms with Crippen molar-refractivity contribution in [3.63, 3.8) is 0 Å². The lowest BCUT2D eigenvalue weighted by molar-refractivity contribution is -0.132. The molecule has 0 saturated heterocycles. The molecule has 3 aromatic carbocycles. The maximum absolute atomic E-state index is 13.8. The molecule has 1 N–H and O–H groups in total. The van der Waals surface area contributed by atoms with Crippen molar-refractivity contribution in [2.75, 3.05) is 12.4 Å². The van der Waals surface area contributed by atoms with Crippen LogP contribution >= 0.6 is 0 Å². The monoisotopic (exact) mass is 435 g/mol. The number of methoxy groups -OCH3 is 1. The molecule has 0 spiro atoms. The number of para-hydroxylation sites is 2. The Morgan fingerprint density at radius 3 is 2.47 bits per heavy atom. The minimum Gasteiger partial charge on any atom is -0.493 e. The van der Waals surface area contributed by atoms with E-state index in [0.29, 0.717) is 22.6 Å². The van der Waals surface area contributed by atoms with Gasteiger partial charge in [-0.15, -0.1) is 0 Å². The highest BCUT2D eigenvalue weighted by Crippen LogP contribution is 2.28. The standard InChI is InChI=1S/C25H22FNO5/c1-17(28)32-24-15-18(11-13-23(24)30-2)12-14-25(29)27-21-9-5-3-7-19(21)16-31-22-10-6-4-8-20(22)26/h3-15H,16H2,1-2H3,(H,27,29)/b14-12+. The van der Waals surface area contributed by atoms with Gasteiger partial charge >= 0.3 is 5.97 Å². The minimum absolute atomic E-state index is 0.0886. The quantitative estimate of drug-likeness (QED) is 0.307. The number of carbonyl (C=O) groups is 2. The SMILES string of the molecule is COc1ccc(/C=C/C(=O)Nc2ccccc2COc2ccccc2F)cc1OC(C)=O. The molecule has 0 aromatic heterocycles. The van der Waals surface area contributed by atoms with Gasteiger partial charge in [0.2, 0.25) is 5.91 Å². The van der Waals surface area contributed by atoms with Gasteiger partial charge in [-0.05, 0) is 42.0 Å². The molecule has 0 aliphatic heterocycles. The molecule has 0 unspecified atom stereocenters. The predicted octanol–water partition coefficient (Wildman–Crippen LogP) is 4.99. The number of esters is 1. The van der Waals surface area contributed by atoms with Crippen molar-refractivity contribution in [3.05, 3.63) is 89.8 Å². The summed E-state index contributed by atoms with van der Waals surface area (Å²) in [6.45, 7) is 1.38. The smallest absolute Gasteiger partial charge is 0.308 e. The molecule has 0 saturated carbocycles. The number of ether oxygens (including phenoxy) is 3. The van der Waals surface area contributed by atoms with Gasteiger partial charge in [0.15, 0.2) is 23.1 Å². The second-order valence-electron chi connectivity index (χ2n) is 6.70. The Morgan fingerprint density at radius 2 is 1.72 bits per heavy atom. The molecule has 0 aliphatic carbocycles. The van der Waals surface area contributed by atoms with E-state index >= 15 is 0 Å². The van der Waals surface area contributed by atoms with E-state index in [4.69, 9.17) is 14.2 Å². The number of amides is 1. The van der Waals surface area contributed by atoms with E-state index < -0.39 is 11.8 Å². The van der Waals surface area contributed by atoms with Crippen molar-refractivity contribution in [1.29, 1.82) is 0 Å². The van der Waals surface area contributed by atoms with Gasteiger partial charge in [0, 0.05) is 24.3 Å². The lowest BCUT2D eigenvalue weighted by Crippen LogP contribution is -2.11. The zero-order chi connectivity index (χ0) is 22.9. The molecule has 1 amide bonds. The summed E-state index contributed by atoms with van der Waals surface area (Å²) in [7, 11) is 1.47. The highest BCUT2D eigenvalue weighted by molar-refractivity contribution is 6.02. The second kappa shape index (κ2) is 10.8. The highest BCUT2D eigenvalue weighted by Gasteiger charge is 2.09. The Labute approximate surface area is 185 Å². The third kappa shape index (κ3) is 6.18. The van der Waals surface area contributed by atoms with Crippen LogP contribution in [-0.4, -0.2) is 19.0 Å². The largest absolute Gasteiger partial charge is 0.493 e. The van der Waals surface area contributed by atoms with Gasteiger partial charge < -0.3 is 19.5 Å². The molecular formula is C25H22FNO5. The molecule has 0 heterocycles. The van der Waals surface area contributed by atoms with Crippen molar-refractivity contribution in [2.45, 2.75) is 13.5 Å². The molecular weight excluding hydrogens is 413 g/mol. The van der Waals surface area contributed by atoms with Crippen LogP contribution in [0.15, 0.2) is 72.8 Å². The first-order chi connectivity index (χ1) is 15.5. The van der Waals surface area contributed by atoms with Crippen LogP contribution in [0.5, 0.6) is 17.2 Å². The van der Waals surface area contributed by atoms with Gasteiger partial charge in [-0.2, -0.15) is 0 Å². The van der Waals surface area contributed by atoms with Crippen LogP contribution in [0.4, 0.5) is 10.1 Å². The lowest BCUT2D eigenvalue weighted by Gasteiger charge is -2.12. The number of rotatable bonds is 8. The van der Waals surface area contributed by atoms with Crippen LogP contribution in [0.1, 0.15) is 18.1 Å². The highest BCUT2D eigenvalue weighted by atomic mass is 19.1. The van der Waals surface area contributed by atoms with Crippen LogP contribution in [0.3, 0.4) is 0 Å². The van der Waals surface area contributed by atoms with E-state index in [1.807, 2.05) is 0 Å². The molecule has 32 heavy (non-hydrogen) atoms. The molecule has 3 aromatic rings. The number of halogens is 1. The van der Waals surface area contributed by atoms with Gasteiger partial charge in [-0.1, -0.05) is 36.4 Å². The van der Waals surface area contributed by atoms with Gasteiger partial charge in [0.05, 0.1) is 7.11 Å². The topological polar surface area (TPSA) is 73.9 Å². The Kier molecular flexibility index (Phi) is 7.59. The fourth-order valence-corrected chi connectivity index (χ4v) is 2.86. The second-order valence-corrected chi connectivity index (χ2v) is 6.70. The van der Waals surface area contributed by atoms with Gasteiger partial charge in [-0.25, -0.2) is 4.39 Å². The van der Waals surface area contributed by atoms with E-state index in [2.05, 4.69) is 5.32 Å². The number of hydrogen-bond donors (Lipinski definition) is 1. The van der Waals surface area contributed by atoms with Crippen LogP contribution in [0.2, 0.25) is 0 Å². The third-order valence-corrected chi connectivity index (χ3v) is 4.36. The lowest BCUT2D eigenvalue weighted by atomic mass is 10.1. The number of nitrogens with one attached hydrogen (secondary N) is 1. The molecule has 7 heteroatoms. The Morgan fingerprint density at radius 1 is 0.969 bits per heavy atom. The minimum atomic E-state index is -0.476. The summed E-state index contributed by atoms with van der Waals surface area (Å²) in [5, 5.41) is 2.79. The summed E-state index contributed by atoms with van der Waals surface area (Å²) in [6, 6.07) is 18.2. The number of carbonyl (C=O) groups excluding carboxylic acids is 2. The van der Waals surface area contributed by atoms with Gasteiger partial charge in [0.25, 0.3) is 0 Å². The normalized spacial score (nSPS) is 10.6. The van der Waals surface area contributed by atoms with Crippen molar-refractivity contribution >= 4 is 23.6 Å². The van der Waals surface area contributed by atoms with Crippen LogP contribution in [0.25, 0.3) is 6.08 Å². The van der Waals surface area contributed by atoms with Crippen LogP contribution < -0.4 is 19.5 Å². The van der Waals surface area contributed by atoms with Crippen LogP contribution in [-0.2, 0) is 16.2 Å². The van der Waals surface area contributed by atoms with Crippen molar-refractivity contribution < 1.29 is 28.2 Å². The number of benzene rings is 3. The maximum Gasteiger partial charge on any atom is 0.308 e. The molecule has 0 bridgehead atoms. The van der Waals surface area contributed by atoms with Gasteiger partial charge in [-0.3, -0.25) is 9.59 Å². The Hall–Kier alpha value is -4.13. The zero-order valence-electron chi connectivity index (χ0n) is 17.6. The molecule has 0 atom stereocenters. The van der Waals surface area contributed by atoms with E-state index in [-0.39, 0.29) is 24.0 Å². The first-order valence-electron chi connectivity index (χ1n) is 9.77. The summed E-state index contributed by atoms with van der Waals surface area (Å²) in [4.78, 5) is 23.7. The maximum atomic E-state index is 13.8. The fraction of sp³-hybridized carbons (Fsp3) is 0.120. The summed E-state index contributed by atoms with van der Waals surface area (Å²) >= 11 is 0. The summed E-state index contributed by atoms with van der Waals surface area (Å²) in [5.41, 5.74) is 1.89. The molecule has 6 nitrogen and oxygen atoms in total. The molecule has 3 rings (SSSR count). The molecule has 0 aliphatic rings. The summed E-state index contributed by atoms with van der Waals surface area (Å²) in [6.07, 6.45) is 2.94. The molecule has 0 radical (unpaired) electrons. The number of anilines is 1. The van der Waals surface area contributed by atoms with Crippen molar-refractivity contribution in [3.8, 4) is 17.2 Å². The third-order valence-electron chi connectivity index (χ3n) is 4.36. The first-order valence-corrected chi connectivity index (χ1v) is 9.77. The van der Waals surface area contributed by atoms with Crippen LogP contribution in [0, 0.1) is 5.82 Å². The predicted molar refractivity (Wildman–Crippen MR) is 119 cm³/mol.